The maximum Gasteiger partial charge on any atom is 0.263 e. The van der Waals surface area contributed by atoms with Crippen molar-refractivity contribution in [3.8, 4) is 5.75 Å². The first-order valence-corrected chi connectivity index (χ1v) is 7.64. The molecule has 1 aromatic carbocycles. The summed E-state index contributed by atoms with van der Waals surface area (Å²) in [6, 6.07) is 5.95. The van der Waals surface area contributed by atoms with Crippen LogP contribution < -0.4 is 9.46 Å². The van der Waals surface area contributed by atoms with E-state index in [1.807, 2.05) is 0 Å². The van der Waals surface area contributed by atoms with Crippen molar-refractivity contribution in [3.05, 3.63) is 46.7 Å². The Balaban J connectivity index is 2.43. The molecule has 0 saturated heterocycles. The van der Waals surface area contributed by atoms with E-state index in [1.165, 1.54) is 31.6 Å². The van der Waals surface area contributed by atoms with Crippen LogP contribution in [0.15, 0.2) is 41.6 Å². The Morgan fingerprint density at radius 1 is 1.20 bits per heavy atom. The van der Waals surface area contributed by atoms with Gasteiger partial charge in [-0.15, -0.1) is 0 Å². The van der Waals surface area contributed by atoms with Crippen LogP contribution in [0.25, 0.3) is 0 Å². The monoisotopic (exact) mass is 332 g/mol. The van der Waals surface area contributed by atoms with E-state index in [-0.39, 0.29) is 14.9 Å². The van der Waals surface area contributed by atoms with Crippen molar-refractivity contribution in [1.29, 1.82) is 0 Å². The van der Waals surface area contributed by atoms with E-state index in [9.17, 15) is 8.42 Å². The number of rotatable bonds is 4. The molecule has 0 bridgehead atoms. The van der Waals surface area contributed by atoms with Gasteiger partial charge in [-0.05, 0) is 24.3 Å². The van der Waals surface area contributed by atoms with Crippen molar-refractivity contribution in [1.82, 2.24) is 4.98 Å². The number of anilines is 1. The number of methoxy groups -OCH3 is 1. The van der Waals surface area contributed by atoms with E-state index >= 15 is 0 Å². The van der Waals surface area contributed by atoms with Gasteiger partial charge in [-0.25, -0.2) is 8.42 Å². The quantitative estimate of drug-likeness (QED) is 0.933. The second-order valence-corrected chi connectivity index (χ2v) is 6.15. The molecule has 8 heteroatoms. The van der Waals surface area contributed by atoms with Gasteiger partial charge in [0.15, 0.2) is 0 Å². The van der Waals surface area contributed by atoms with Gasteiger partial charge in [0.05, 0.1) is 24.0 Å². The number of sulfonamides is 1. The van der Waals surface area contributed by atoms with E-state index < -0.39 is 10.0 Å². The fraction of sp³-hybridized carbons (Fsp3) is 0.0833. The number of aromatic nitrogens is 1. The highest BCUT2D eigenvalue weighted by molar-refractivity contribution is 7.92. The fourth-order valence-corrected chi connectivity index (χ4v) is 3.40. The van der Waals surface area contributed by atoms with Gasteiger partial charge in [0, 0.05) is 6.20 Å². The summed E-state index contributed by atoms with van der Waals surface area (Å²) >= 11 is 11.9. The Morgan fingerprint density at radius 2 is 1.95 bits per heavy atom. The van der Waals surface area contributed by atoms with Crippen molar-refractivity contribution in [2.45, 2.75) is 4.90 Å². The van der Waals surface area contributed by atoms with Crippen LogP contribution in [0.1, 0.15) is 0 Å². The van der Waals surface area contributed by atoms with Gasteiger partial charge in [-0.1, -0.05) is 23.2 Å². The van der Waals surface area contributed by atoms with Crippen molar-refractivity contribution in [2.24, 2.45) is 0 Å². The minimum Gasteiger partial charge on any atom is -0.495 e. The van der Waals surface area contributed by atoms with E-state index in [2.05, 4.69) is 9.71 Å². The van der Waals surface area contributed by atoms with Crippen LogP contribution >= 0.6 is 23.2 Å². The highest BCUT2D eigenvalue weighted by Crippen LogP contribution is 2.37. The summed E-state index contributed by atoms with van der Waals surface area (Å²) in [5, 5.41) is -0.0503. The molecule has 0 spiro atoms. The number of benzene rings is 1. The summed E-state index contributed by atoms with van der Waals surface area (Å²) in [6.45, 7) is 0. The third kappa shape index (κ3) is 2.98. The number of halogens is 2. The van der Waals surface area contributed by atoms with Crippen molar-refractivity contribution < 1.29 is 13.2 Å². The number of hydrogen-bond acceptors (Lipinski definition) is 4. The van der Waals surface area contributed by atoms with Crippen LogP contribution in [0.3, 0.4) is 0 Å². The first-order valence-electron chi connectivity index (χ1n) is 5.40. The minimum atomic E-state index is -3.85. The van der Waals surface area contributed by atoms with Crippen LogP contribution in [0, 0.1) is 0 Å². The molecule has 5 nitrogen and oxygen atoms in total. The Morgan fingerprint density at radius 3 is 2.55 bits per heavy atom. The Labute approximate surface area is 126 Å². The van der Waals surface area contributed by atoms with Crippen LogP contribution in [-0.2, 0) is 10.0 Å². The third-order valence-corrected chi connectivity index (χ3v) is 4.83. The molecule has 0 aliphatic rings. The van der Waals surface area contributed by atoms with Gasteiger partial charge in [0.1, 0.15) is 15.7 Å². The van der Waals surface area contributed by atoms with Gasteiger partial charge in [0.25, 0.3) is 10.0 Å². The highest BCUT2D eigenvalue weighted by Gasteiger charge is 2.22. The van der Waals surface area contributed by atoms with Crippen molar-refractivity contribution >= 4 is 38.9 Å². The SMILES string of the molecule is COc1ccc(S(=O)(=O)Nc2cccnc2)c(Cl)c1Cl. The molecule has 0 atom stereocenters. The molecule has 0 aliphatic carbocycles. The van der Waals surface area contributed by atoms with Gasteiger partial charge < -0.3 is 4.74 Å². The largest absolute Gasteiger partial charge is 0.495 e. The zero-order valence-electron chi connectivity index (χ0n) is 10.3. The summed E-state index contributed by atoms with van der Waals surface area (Å²) in [7, 11) is -2.44. The zero-order valence-corrected chi connectivity index (χ0v) is 12.6. The highest BCUT2D eigenvalue weighted by atomic mass is 35.5. The lowest BCUT2D eigenvalue weighted by Crippen LogP contribution is -2.13. The molecule has 0 aliphatic heterocycles. The third-order valence-electron chi connectivity index (χ3n) is 2.43. The molecule has 106 valence electrons. The smallest absolute Gasteiger partial charge is 0.263 e. The van der Waals surface area contributed by atoms with Crippen molar-refractivity contribution in [2.75, 3.05) is 11.8 Å². The summed E-state index contributed by atoms with van der Waals surface area (Å²) in [4.78, 5) is 3.69. The maximum atomic E-state index is 12.3. The molecule has 1 heterocycles. The molecule has 0 radical (unpaired) electrons. The number of ether oxygens (including phenoxy) is 1. The summed E-state index contributed by atoms with van der Waals surface area (Å²) in [5.74, 6) is 0.303. The first-order chi connectivity index (χ1) is 9.45. The summed E-state index contributed by atoms with van der Waals surface area (Å²) in [6.07, 6.45) is 2.92. The average molecular weight is 333 g/mol. The predicted molar refractivity (Wildman–Crippen MR) is 78.1 cm³/mol. The first kappa shape index (κ1) is 14.9. The molecule has 1 N–H and O–H groups in total. The van der Waals surface area contributed by atoms with E-state index in [0.29, 0.717) is 11.4 Å². The van der Waals surface area contributed by atoms with Gasteiger partial charge >= 0.3 is 0 Å². The molecule has 0 amide bonds. The van der Waals surface area contributed by atoms with Gasteiger partial charge in [0.2, 0.25) is 0 Å². The molecule has 1 aromatic heterocycles. The Hall–Kier alpha value is -1.50. The molecule has 2 aromatic rings. The summed E-state index contributed by atoms with van der Waals surface area (Å²) in [5.41, 5.74) is 0.329. The van der Waals surface area contributed by atoms with E-state index in [4.69, 9.17) is 27.9 Å². The molecule has 0 unspecified atom stereocenters. The van der Waals surface area contributed by atoms with Crippen LogP contribution in [0.2, 0.25) is 10.0 Å². The molecule has 0 fully saturated rings. The lowest BCUT2D eigenvalue weighted by molar-refractivity contribution is 0.414. The molecule has 0 saturated carbocycles. The predicted octanol–water partition coefficient (Wildman–Crippen LogP) is 3.20. The van der Waals surface area contributed by atoms with E-state index in [0.717, 1.165) is 0 Å². The fourth-order valence-electron chi connectivity index (χ4n) is 1.51. The lowest BCUT2D eigenvalue weighted by Gasteiger charge is -2.11. The van der Waals surface area contributed by atoms with Crippen LogP contribution in [0.4, 0.5) is 5.69 Å². The summed E-state index contributed by atoms with van der Waals surface area (Å²) < 4.78 is 31.8. The second-order valence-electron chi connectivity index (χ2n) is 3.74. The Kier molecular flexibility index (Phi) is 4.37. The minimum absolute atomic E-state index is 0.0447. The average Bonchev–Trinajstić information content (AvgIpc) is 2.42. The van der Waals surface area contributed by atoms with Gasteiger partial charge in [-0.3, -0.25) is 9.71 Å². The number of pyridine rings is 1. The number of nitrogens with one attached hydrogen (secondary N) is 1. The Bertz CT molecular complexity index is 721. The number of nitrogens with zero attached hydrogens (tertiary/aromatic N) is 1. The maximum absolute atomic E-state index is 12.3. The number of hydrogen-bond donors (Lipinski definition) is 1. The normalized spacial score (nSPS) is 11.2. The standard InChI is InChI=1S/C12H10Cl2N2O3S/c1-19-9-4-5-10(12(14)11(9)13)20(17,18)16-8-3-2-6-15-7-8/h2-7,16H,1H3. The van der Waals surface area contributed by atoms with Crippen LogP contribution in [-0.4, -0.2) is 20.5 Å². The lowest BCUT2D eigenvalue weighted by atomic mass is 10.3. The zero-order chi connectivity index (χ0) is 14.8. The van der Waals surface area contributed by atoms with Crippen molar-refractivity contribution in [3.63, 3.8) is 0 Å². The molecule has 2 rings (SSSR count). The molecule has 20 heavy (non-hydrogen) atoms. The molecular formula is C12H10Cl2N2O3S. The molecular weight excluding hydrogens is 323 g/mol. The van der Waals surface area contributed by atoms with E-state index in [1.54, 1.807) is 12.1 Å². The van der Waals surface area contributed by atoms with Gasteiger partial charge in [-0.2, -0.15) is 0 Å². The topological polar surface area (TPSA) is 68.3 Å². The second kappa shape index (κ2) is 5.87. The van der Waals surface area contributed by atoms with Crippen LogP contribution in [0.5, 0.6) is 5.75 Å².